The fraction of sp³-hybridized carbons (Fsp3) is 0.312. The Labute approximate surface area is 136 Å². The first kappa shape index (κ1) is 16.1. The molecule has 1 saturated heterocycles. The van der Waals surface area contributed by atoms with Gasteiger partial charge in [0.25, 0.3) is 0 Å². The van der Waals surface area contributed by atoms with Crippen LogP contribution in [0.4, 0.5) is 0 Å². The Hall–Kier alpha value is -1.29. The van der Waals surface area contributed by atoms with Gasteiger partial charge in [0.1, 0.15) is 12.4 Å². The number of hydrogen-bond acceptors (Lipinski definition) is 3. The van der Waals surface area contributed by atoms with Crippen molar-refractivity contribution in [2.24, 2.45) is 0 Å². The molecule has 0 aliphatic carbocycles. The van der Waals surface area contributed by atoms with E-state index in [2.05, 4.69) is 10.3 Å². The quantitative estimate of drug-likeness (QED) is 0.924. The monoisotopic (exact) mass is 324 g/mol. The number of hydrogen-bond donors (Lipinski definition) is 1. The summed E-state index contributed by atoms with van der Waals surface area (Å²) in [6, 6.07) is 10.2. The van der Waals surface area contributed by atoms with Gasteiger partial charge in [0.05, 0.1) is 6.20 Å². The Kier molecular flexibility index (Phi) is 5.85. The molecule has 1 fully saturated rings. The van der Waals surface area contributed by atoms with Gasteiger partial charge in [-0.25, -0.2) is 0 Å². The number of nitrogens with one attached hydrogen (secondary N) is 1. The molecule has 0 radical (unpaired) electrons. The number of aromatic nitrogens is 1. The van der Waals surface area contributed by atoms with E-state index < -0.39 is 0 Å². The molecule has 0 bridgehead atoms. The highest BCUT2D eigenvalue weighted by atomic mass is 35.5. The van der Waals surface area contributed by atoms with Crippen molar-refractivity contribution in [2.45, 2.75) is 18.9 Å². The van der Waals surface area contributed by atoms with Gasteiger partial charge in [-0.3, -0.25) is 4.98 Å². The van der Waals surface area contributed by atoms with E-state index in [9.17, 15) is 0 Å². The Morgan fingerprint density at radius 1 is 1.19 bits per heavy atom. The fourth-order valence-corrected chi connectivity index (χ4v) is 2.52. The summed E-state index contributed by atoms with van der Waals surface area (Å²) in [5.74, 6) is 0.811. The third-order valence-corrected chi connectivity index (χ3v) is 3.76. The number of ether oxygens (including phenoxy) is 1. The summed E-state index contributed by atoms with van der Waals surface area (Å²) in [5, 5.41) is 4.16. The summed E-state index contributed by atoms with van der Waals surface area (Å²) in [6.45, 7) is 1.79. The molecule has 0 amide bonds. The van der Waals surface area contributed by atoms with Crippen LogP contribution in [-0.4, -0.2) is 24.2 Å². The van der Waals surface area contributed by atoms with Crippen molar-refractivity contribution in [3.8, 4) is 16.9 Å². The van der Waals surface area contributed by atoms with Crippen LogP contribution >= 0.6 is 24.0 Å². The zero-order valence-electron chi connectivity index (χ0n) is 11.6. The Morgan fingerprint density at radius 2 is 2.00 bits per heavy atom. The van der Waals surface area contributed by atoms with E-state index in [-0.39, 0.29) is 12.4 Å². The van der Waals surface area contributed by atoms with Crippen molar-refractivity contribution >= 4 is 24.0 Å². The van der Waals surface area contributed by atoms with Crippen LogP contribution in [0.3, 0.4) is 0 Å². The molecule has 0 saturated carbocycles. The molecule has 1 N–H and O–H groups in total. The van der Waals surface area contributed by atoms with E-state index >= 15 is 0 Å². The molecular formula is C16H18Cl2N2O. The van der Waals surface area contributed by atoms with Gasteiger partial charge < -0.3 is 10.1 Å². The molecule has 2 heterocycles. The minimum Gasteiger partial charge on any atom is -0.490 e. The van der Waals surface area contributed by atoms with Crippen LogP contribution in [0.1, 0.15) is 12.8 Å². The summed E-state index contributed by atoms with van der Waals surface area (Å²) in [6.07, 6.45) is 6.01. The molecule has 0 spiro atoms. The van der Waals surface area contributed by atoms with Gasteiger partial charge in [-0.1, -0.05) is 23.7 Å². The van der Waals surface area contributed by atoms with Crippen molar-refractivity contribution < 1.29 is 4.74 Å². The summed E-state index contributed by atoms with van der Waals surface area (Å²) in [4.78, 5) is 4.25. The topological polar surface area (TPSA) is 34.1 Å². The van der Waals surface area contributed by atoms with Gasteiger partial charge in [0.2, 0.25) is 0 Å². The lowest BCUT2D eigenvalue weighted by Crippen LogP contribution is -2.28. The number of halogens is 2. The zero-order valence-corrected chi connectivity index (χ0v) is 13.2. The van der Waals surface area contributed by atoms with Crippen LogP contribution in [0.25, 0.3) is 11.1 Å². The molecule has 21 heavy (non-hydrogen) atoms. The minimum atomic E-state index is 0. The smallest absolute Gasteiger partial charge is 0.138 e. The lowest BCUT2D eigenvalue weighted by molar-refractivity contribution is 0.276. The lowest BCUT2D eigenvalue weighted by Gasteiger charge is -2.12. The van der Waals surface area contributed by atoms with E-state index in [0.29, 0.717) is 12.6 Å². The highest BCUT2D eigenvalue weighted by Gasteiger charge is 2.14. The van der Waals surface area contributed by atoms with Gasteiger partial charge in [-0.2, -0.15) is 0 Å². The SMILES string of the molecule is Cl.Clc1ccc(-c2cncc(OC[C@H]3CCCN3)c2)cc1. The number of rotatable bonds is 4. The Bertz CT molecular complexity index is 569. The highest BCUT2D eigenvalue weighted by molar-refractivity contribution is 6.30. The molecule has 1 aromatic carbocycles. The van der Waals surface area contributed by atoms with Crippen molar-refractivity contribution in [1.82, 2.24) is 10.3 Å². The van der Waals surface area contributed by atoms with Crippen LogP contribution in [-0.2, 0) is 0 Å². The molecule has 3 rings (SSSR count). The van der Waals surface area contributed by atoms with Gasteiger partial charge in [0, 0.05) is 22.8 Å². The molecule has 1 atom stereocenters. The third-order valence-electron chi connectivity index (χ3n) is 3.50. The molecule has 5 heteroatoms. The summed E-state index contributed by atoms with van der Waals surface area (Å²) >= 11 is 5.91. The second-order valence-electron chi connectivity index (χ2n) is 5.02. The molecule has 1 aromatic heterocycles. The summed E-state index contributed by atoms with van der Waals surface area (Å²) in [5.41, 5.74) is 2.13. The average molecular weight is 325 g/mol. The van der Waals surface area contributed by atoms with E-state index in [4.69, 9.17) is 16.3 Å². The molecule has 1 aliphatic rings. The van der Waals surface area contributed by atoms with Crippen molar-refractivity contribution in [3.05, 3.63) is 47.7 Å². The van der Waals surface area contributed by atoms with E-state index in [1.54, 1.807) is 6.20 Å². The van der Waals surface area contributed by atoms with Crippen LogP contribution in [0.2, 0.25) is 5.02 Å². The largest absolute Gasteiger partial charge is 0.490 e. The number of pyridine rings is 1. The maximum Gasteiger partial charge on any atom is 0.138 e. The van der Waals surface area contributed by atoms with Crippen LogP contribution < -0.4 is 10.1 Å². The van der Waals surface area contributed by atoms with E-state index in [0.717, 1.165) is 28.4 Å². The second kappa shape index (κ2) is 7.64. The lowest BCUT2D eigenvalue weighted by atomic mass is 10.1. The maximum atomic E-state index is 5.91. The Morgan fingerprint density at radius 3 is 2.71 bits per heavy atom. The molecule has 2 aromatic rings. The second-order valence-corrected chi connectivity index (χ2v) is 5.46. The molecular weight excluding hydrogens is 307 g/mol. The Balaban J connectivity index is 0.00000161. The zero-order chi connectivity index (χ0) is 13.8. The van der Waals surface area contributed by atoms with Crippen LogP contribution in [0.5, 0.6) is 5.75 Å². The molecule has 3 nitrogen and oxygen atoms in total. The van der Waals surface area contributed by atoms with Crippen molar-refractivity contribution in [2.75, 3.05) is 13.2 Å². The van der Waals surface area contributed by atoms with Gasteiger partial charge in [0.15, 0.2) is 0 Å². The fourth-order valence-electron chi connectivity index (χ4n) is 2.39. The van der Waals surface area contributed by atoms with Crippen LogP contribution in [0, 0.1) is 0 Å². The normalized spacial score (nSPS) is 17.3. The first-order valence-corrected chi connectivity index (χ1v) is 7.26. The van der Waals surface area contributed by atoms with Gasteiger partial charge in [-0.15, -0.1) is 12.4 Å². The summed E-state index contributed by atoms with van der Waals surface area (Å²) < 4.78 is 5.82. The highest BCUT2D eigenvalue weighted by Crippen LogP contribution is 2.24. The molecule has 0 unspecified atom stereocenters. The first-order chi connectivity index (χ1) is 9.81. The van der Waals surface area contributed by atoms with Crippen molar-refractivity contribution in [1.29, 1.82) is 0 Å². The minimum absolute atomic E-state index is 0. The van der Waals surface area contributed by atoms with Crippen molar-refractivity contribution in [3.63, 3.8) is 0 Å². The molecule has 112 valence electrons. The van der Waals surface area contributed by atoms with Gasteiger partial charge in [-0.05, 0) is 43.1 Å². The predicted octanol–water partition coefficient (Wildman–Crippen LogP) is 3.95. The average Bonchev–Trinajstić information content (AvgIpc) is 3.00. The van der Waals surface area contributed by atoms with Gasteiger partial charge >= 0.3 is 0 Å². The predicted molar refractivity (Wildman–Crippen MR) is 88.5 cm³/mol. The number of nitrogens with zero attached hydrogens (tertiary/aromatic N) is 1. The summed E-state index contributed by atoms with van der Waals surface area (Å²) in [7, 11) is 0. The molecule has 1 aliphatic heterocycles. The van der Waals surface area contributed by atoms with E-state index in [1.165, 1.54) is 12.8 Å². The van der Waals surface area contributed by atoms with E-state index in [1.807, 2.05) is 36.5 Å². The first-order valence-electron chi connectivity index (χ1n) is 6.88. The third kappa shape index (κ3) is 4.34. The number of benzene rings is 1. The standard InChI is InChI=1S/C16H17ClN2O.ClH/c17-14-5-3-12(4-6-14)13-8-16(10-18-9-13)20-11-15-2-1-7-19-15;/h3-6,8-10,15,19H,1-2,7,11H2;1H/t15-;/m1./s1. The van der Waals surface area contributed by atoms with Crippen LogP contribution in [0.15, 0.2) is 42.7 Å². The maximum absolute atomic E-state index is 5.91.